The van der Waals surface area contributed by atoms with Gasteiger partial charge in [-0.05, 0) is 38.1 Å². The molecule has 0 aliphatic carbocycles. The molecule has 0 atom stereocenters. The van der Waals surface area contributed by atoms with Gasteiger partial charge in [-0.1, -0.05) is 35.9 Å². The highest BCUT2D eigenvalue weighted by atomic mass is 32.1. The summed E-state index contributed by atoms with van der Waals surface area (Å²) in [4.78, 5) is 41.6. The second kappa shape index (κ2) is 9.66. The first kappa shape index (κ1) is 21.0. The number of benzene rings is 2. The van der Waals surface area contributed by atoms with Gasteiger partial charge in [0, 0.05) is 16.6 Å². The first-order chi connectivity index (χ1) is 14.5. The van der Waals surface area contributed by atoms with Gasteiger partial charge in [-0.3, -0.25) is 10.2 Å². The number of hydrogen-bond donors (Lipinski definition) is 2. The van der Waals surface area contributed by atoms with Crippen LogP contribution in [0.4, 0.5) is 15.6 Å². The van der Waals surface area contributed by atoms with Crippen molar-refractivity contribution >= 4 is 40.1 Å². The molecule has 30 heavy (non-hydrogen) atoms. The Morgan fingerprint density at radius 1 is 1.07 bits per heavy atom. The molecule has 0 fully saturated rings. The summed E-state index contributed by atoms with van der Waals surface area (Å²) in [6.45, 7) is 3.82. The summed E-state index contributed by atoms with van der Waals surface area (Å²) in [6.07, 6.45) is 0. The number of aryl methyl sites for hydroxylation is 1. The molecular weight excluding hydrogens is 404 g/mol. The highest BCUT2D eigenvalue weighted by molar-refractivity contribution is 7.14. The summed E-state index contributed by atoms with van der Waals surface area (Å²) < 4.78 is 4.94. The van der Waals surface area contributed by atoms with Crippen LogP contribution in [0.2, 0.25) is 0 Å². The zero-order valence-corrected chi connectivity index (χ0v) is 17.2. The van der Waals surface area contributed by atoms with Gasteiger partial charge in [-0.25, -0.2) is 14.6 Å². The van der Waals surface area contributed by atoms with Gasteiger partial charge in [-0.2, -0.15) is 5.01 Å². The number of hydrazine groups is 1. The minimum Gasteiger partial charge on any atom is -0.461 e. The zero-order valence-electron chi connectivity index (χ0n) is 16.4. The number of ether oxygens (including phenoxy) is 1. The third-order valence-corrected chi connectivity index (χ3v) is 4.75. The van der Waals surface area contributed by atoms with Gasteiger partial charge in [0.15, 0.2) is 5.69 Å². The maximum atomic E-state index is 12.9. The molecule has 154 valence electrons. The van der Waals surface area contributed by atoms with Crippen LogP contribution < -0.4 is 15.8 Å². The maximum absolute atomic E-state index is 12.9. The summed E-state index contributed by atoms with van der Waals surface area (Å²) in [7, 11) is 0. The highest BCUT2D eigenvalue weighted by Gasteiger charge is 2.24. The number of anilines is 2. The average molecular weight is 424 g/mol. The lowest BCUT2D eigenvalue weighted by Crippen LogP contribution is -2.48. The Balaban J connectivity index is 1.86. The van der Waals surface area contributed by atoms with E-state index in [2.05, 4.69) is 15.7 Å². The molecule has 8 nitrogen and oxygen atoms in total. The normalized spacial score (nSPS) is 10.2. The van der Waals surface area contributed by atoms with Crippen LogP contribution in [0.3, 0.4) is 0 Å². The predicted molar refractivity (Wildman–Crippen MR) is 115 cm³/mol. The summed E-state index contributed by atoms with van der Waals surface area (Å²) >= 11 is 1.03. The third-order valence-electron chi connectivity index (χ3n) is 3.92. The number of rotatable bonds is 5. The van der Waals surface area contributed by atoms with Crippen LogP contribution in [0.15, 0.2) is 60.0 Å². The standard InChI is InChI=1S/C21H20N4O4S/c1-3-29-19(27)17-13-30-21(23-17)25(24-18(26)15-7-5-4-6-8-15)20(28)22-16-11-9-14(2)10-12-16/h4-13H,3H2,1-2H3,(H,22,28)(H,24,26). The number of nitrogens with one attached hydrogen (secondary N) is 2. The fourth-order valence-corrected chi connectivity index (χ4v) is 3.17. The lowest BCUT2D eigenvalue weighted by Gasteiger charge is -2.21. The van der Waals surface area contributed by atoms with Crippen molar-refractivity contribution in [3.05, 3.63) is 76.8 Å². The van der Waals surface area contributed by atoms with Crippen LogP contribution in [0.5, 0.6) is 0 Å². The fourth-order valence-electron chi connectivity index (χ4n) is 2.42. The molecule has 1 aromatic heterocycles. The second-order valence-electron chi connectivity index (χ2n) is 6.17. The minimum atomic E-state index is -0.632. The fraction of sp³-hybridized carbons (Fsp3) is 0.143. The number of thiazole rings is 1. The Bertz CT molecular complexity index is 1030. The molecule has 0 bridgehead atoms. The van der Waals surface area contributed by atoms with Crippen molar-refractivity contribution in [1.29, 1.82) is 0 Å². The van der Waals surface area contributed by atoms with Crippen LogP contribution in [-0.4, -0.2) is 29.5 Å². The SMILES string of the molecule is CCOC(=O)c1csc(N(NC(=O)c2ccccc2)C(=O)Nc2ccc(C)cc2)n1. The summed E-state index contributed by atoms with van der Waals surface area (Å²) in [5.41, 5.74) is 4.56. The molecule has 9 heteroatoms. The molecule has 0 spiro atoms. The van der Waals surface area contributed by atoms with Gasteiger partial charge >= 0.3 is 12.0 Å². The van der Waals surface area contributed by atoms with Crippen LogP contribution in [-0.2, 0) is 4.74 Å². The number of urea groups is 1. The minimum absolute atomic E-state index is 0.0546. The zero-order chi connectivity index (χ0) is 21.5. The van der Waals surface area contributed by atoms with Crippen LogP contribution >= 0.6 is 11.3 Å². The van der Waals surface area contributed by atoms with Crippen molar-refractivity contribution in [2.45, 2.75) is 13.8 Å². The van der Waals surface area contributed by atoms with Crippen LogP contribution in [0.1, 0.15) is 33.3 Å². The molecule has 1 heterocycles. The van der Waals surface area contributed by atoms with E-state index in [4.69, 9.17) is 4.74 Å². The van der Waals surface area contributed by atoms with Crippen molar-refractivity contribution in [3.8, 4) is 0 Å². The molecule has 3 amide bonds. The van der Waals surface area contributed by atoms with Crippen LogP contribution in [0.25, 0.3) is 0 Å². The van der Waals surface area contributed by atoms with Gasteiger partial charge < -0.3 is 10.1 Å². The molecular formula is C21H20N4O4S. The number of hydrogen-bond acceptors (Lipinski definition) is 6. The molecule has 3 aromatic rings. The molecule has 0 aliphatic heterocycles. The van der Waals surface area contributed by atoms with Crippen molar-refractivity contribution in [2.75, 3.05) is 16.9 Å². The van der Waals surface area contributed by atoms with Gasteiger partial charge in [0.25, 0.3) is 5.91 Å². The van der Waals surface area contributed by atoms with Crippen molar-refractivity contribution in [1.82, 2.24) is 10.4 Å². The lowest BCUT2D eigenvalue weighted by molar-refractivity contribution is 0.0520. The maximum Gasteiger partial charge on any atom is 0.357 e. The molecule has 0 radical (unpaired) electrons. The first-order valence-corrected chi connectivity index (χ1v) is 10.0. The van der Waals surface area contributed by atoms with Gasteiger partial charge in [0.2, 0.25) is 5.13 Å². The number of aromatic nitrogens is 1. The van der Waals surface area contributed by atoms with Crippen molar-refractivity contribution < 1.29 is 19.1 Å². The van der Waals surface area contributed by atoms with Crippen molar-refractivity contribution in [2.24, 2.45) is 0 Å². The van der Waals surface area contributed by atoms with E-state index < -0.39 is 17.9 Å². The second-order valence-corrected chi connectivity index (χ2v) is 7.01. The van der Waals surface area contributed by atoms with E-state index in [-0.39, 0.29) is 17.4 Å². The molecule has 3 rings (SSSR count). The van der Waals surface area contributed by atoms with E-state index in [9.17, 15) is 14.4 Å². The van der Waals surface area contributed by atoms with Gasteiger partial charge in [0.05, 0.1) is 6.61 Å². The number of amides is 3. The van der Waals surface area contributed by atoms with E-state index in [1.165, 1.54) is 5.38 Å². The molecule has 2 N–H and O–H groups in total. The number of esters is 1. The topological polar surface area (TPSA) is 101 Å². The largest absolute Gasteiger partial charge is 0.461 e. The Morgan fingerprint density at radius 3 is 2.43 bits per heavy atom. The van der Waals surface area contributed by atoms with E-state index in [0.717, 1.165) is 21.9 Å². The average Bonchev–Trinajstić information content (AvgIpc) is 3.24. The quantitative estimate of drug-likeness (QED) is 0.476. The summed E-state index contributed by atoms with van der Waals surface area (Å²) in [5.74, 6) is -1.10. The molecule has 2 aromatic carbocycles. The smallest absolute Gasteiger partial charge is 0.357 e. The number of carbonyl (C=O) groups is 3. The van der Waals surface area contributed by atoms with Crippen molar-refractivity contribution in [3.63, 3.8) is 0 Å². The number of nitrogens with zero attached hydrogens (tertiary/aromatic N) is 2. The van der Waals surface area contributed by atoms with Crippen LogP contribution in [0, 0.1) is 6.92 Å². The van der Waals surface area contributed by atoms with E-state index in [1.54, 1.807) is 49.4 Å². The van der Waals surface area contributed by atoms with E-state index in [1.807, 2.05) is 19.1 Å². The predicted octanol–water partition coefficient (Wildman–Crippen LogP) is 4.01. The lowest BCUT2D eigenvalue weighted by atomic mass is 10.2. The van der Waals surface area contributed by atoms with Gasteiger partial charge in [0.1, 0.15) is 0 Å². The summed E-state index contributed by atoms with van der Waals surface area (Å²) in [6, 6.07) is 15.0. The molecule has 0 saturated carbocycles. The highest BCUT2D eigenvalue weighted by Crippen LogP contribution is 2.21. The Hall–Kier alpha value is -3.72. The van der Waals surface area contributed by atoms with E-state index >= 15 is 0 Å². The molecule has 0 unspecified atom stereocenters. The Kier molecular flexibility index (Phi) is 6.76. The molecule has 0 aliphatic rings. The van der Waals surface area contributed by atoms with Gasteiger partial charge in [-0.15, -0.1) is 11.3 Å². The third kappa shape index (κ3) is 5.21. The summed E-state index contributed by atoms with van der Waals surface area (Å²) in [5, 5.41) is 5.27. The monoisotopic (exact) mass is 424 g/mol. The number of carbonyl (C=O) groups excluding carboxylic acids is 3. The first-order valence-electron chi connectivity index (χ1n) is 9.14. The van der Waals surface area contributed by atoms with E-state index in [0.29, 0.717) is 11.3 Å². The Morgan fingerprint density at radius 2 is 1.77 bits per heavy atom. The molecule has 0 saturated heterocycles. The Labute approximate surface area is 177 Å².